The molecule has 0 rings (SSSR count). The first-order chi connectivity index (χ1) is 19.0. The zero-order chi connectivity index (χ0) is 31.5. The molecule has 0 aromatic rings. The van der Waals surface area contributed by atoms with Crippen molar-refractivity contribution in [3.05, 3.63) is 0 Å². The van der Waals surface area contributed by atoms with E-state index in [1.165, 1.54) is 27.7 Å². The van der Waals surface area contributed by atoms with Gasteiger partial charge in [0.2, 0.25) is 0 Å². The van der Waals surface area contributed by atoms with Crippen molar-refractivity contribution < 1.29 is 36.1 Å². The third-order valence-electron chi connectivity index (χ3n) is 6.84. The van der Waals surface area contributed by atoms with E-state index >= 15 is 0 Å². The lowest BCUT2D eigenvalue weighted by Gasteiger charge is -2.36. The molecular weight excluding hydrogens is 572 g/mol. The summed E-state index contributed by atoms with van der Waals surface area (Å²) in [6.07, 6.45) is 12.4. The second-order valence-corrected chi connectivity index (χ2v) is 17.2. The third-order valence-corrected chi connectivity index (χ3v) is 11.5. The molecule has 12 nitrogen and oxygen atoms in total. The van der Waals surface area contributed by atoms with Crippen LogP contribution in [0, 0.1) is 0 Å². The van der Waals surface area contributed by atoms with Gasteiger partial charge < -0.3 is 9.47 Å². The topological polar surface area (TPSA) is 182 Å². The fraction of sp³-hybridized carbons (Fsp3) is 0.926. The van der Waals surface area contributed by atoms with Crippen LogP contribution in [0.5, 0.6) is 0 Å². The van der Waals surface area contributed by atoms with Crippen molar-refractivity contribution in [2.24, 2.45) is 9.98 Å². The zero-order valence-electron chi connectivity index (χ0n) is 26.3. The second-order valence-electron chi connectivity index (χ2n) is 11.2. The number of amidine groups is 2. The Morgan fingerprint density at radius 2 is 0.854 bits per heavy atom. The van der Waals surface area contributed by atoms with Gasteiger partial charge in [0.1, 0.15) is 11.7 Å². The van der Waals surface area contributed by atoms with E-state index < -0.39 is 30.1 Å². The molecule has 248 valence electrons. The predicted octanol–water partition coefficient (Wildman–Crippen LogP) is 5.51. The summed E-state index contributed by atoms with van der Waals surface area (Å²) in [5, 5.41) is -1.72. The van der Waals surface area contributed by atoms with E-state index in [1.54, 1.807) is 14.2 Å². The molecule has 0 radical (unpaired) electrons. The maximum atomic E-state index is 12.5. The number of rotatable bonds is 24. The highest BCUT2D eigenvalue weighted by atomic mass is 32.3. The van der Waals surface area contributed by atoms with Crippen molar-refractivity contribution in [1.82, 2.24) is 9.44 Å². The Morgan fingerprint density at radius 1 is 0.585 bits per heavy atom. The molecule has 0 aliphatic carbocycles. The van der Waals surface area contributed by atoms with Gasteiger partial charge in [-0.25, -0.2) is 8.42 Å². The summed E-state index contributed by atoms with van der Waals surface area (Å²) in [5.74, 6) is 0.672. The average molecular weight is 633 g/mol. The van der Waals surface area contributed by atoms with E-state index in [9.17, 15) is 26.6 Å². The Bertz CT molecular complexity index is 841. The molecule has 14 heteroatoms. The lowest BCUT2D eigenvalue weighted by atomic mass is 10.0. The Morgan fingerprint density at radius 3 is 1.10 bits per heavy atom. The fourth-order valence-electron chi connectivity index (χ4n) is 3.72. The van der Waals surface area contributed by atoms with Gasteiger partial charge in [-0.15, -0.1) is 0 Å². The fourth-order valence-corrected chi connectivity index (χ4v) is 5.41. The molecule has 0 fully saturated rings. The Balaban J connectivity index is 4.20. The van der Waals surface area contributed by atoms with Crippen LogP contribution in [0.3, 0.4) is 0 Å². The summed E-state index contributed by atoms with van der Waals surface area (Å²) in [6.45, 7) is 7.44. The summed E-state index contributed by atoms with van der Waals surface area (Å²) in [5.41, 5.74) is 0. The molecule has 41 heavy (non-hydrogen) atoms. The van der Waals surface area contributed by atoms with Crippen molar-refractivity contribution >= 4 is 31.3 Å². The summed E-state index contributed by atoms with van der Waals surface area (Å²) >= 11 is 0. The Labute approximate surface area is 248 Å². The molecule has 0 aromatic heterocycles. The molecule has 0 heterocycles. The molecule has 0 aromatic carbocycles. The van der Waals surface area contributed by atoms with Crippen LogP contribution < -0.4 is 9.44 Å². The van der Waals surface area contributed by atoms with E-state index in [0.717, 1.165) is 70.6 Å². The van der Waals surface area contributed by atoms with Crippen molar-refractivity contribution in [1.29, 1.82) is 0 Å². The molecule has 0 atom stereocenters. The summed E-state index contributed by atoms with van der Waals surface area (Å²) in [6, 6.07) is 0. The summed E-state index contributed by atoms with van der Waals surface area (Å²) in [4.78, 5) is 8.61. The SMILES string of the molecule is COCCN=C(CCCCCCCCCCCCCC(=NCCOC)NS(=O)(O)(O)C(C)C)NS(=O)(O)(O)C(C)C. The van der Waals surface area contributed by atoms with Crippen molar-refractivity contribution in [2.75, 3.05) is 40.5 Å². The lowest BCUT2D eigenvalue weighted by molar-refractivity contribution is 0.208. The van der Waals surface area contributed by atoms with Crippen LogP contribution in [0.4, 0.5) is 0 Å². The summed E-state index contributed by atoms with van der Waals surface area (Å²) in [7, 11) is -6.79. The van der Waals surface area contributed by atoms with Crippen LogP contribution in [0.2, 0.25) is 0 Å². The summed E-state index contributed by atoms with van der Waals surface area (Å²) < 4.78 is 80.3. The van der Waals surface area contributed by atoms with Crippen molar-refractivity contribution in [2.45, 2.75) is 122 Å². The van der Waals surface area contributed by atoms with Crippen LogP contribution >= 0.6 is 0 Å². The molecule has 6 N–H and O–H groups in total. The minimum absolute atomic E-state index is 0.336. The van der Waals surface area contributed by atoms with Gasteiger partial charge in [-0.3, -0.25) is 37.6 Å². The van der Waals surface area contributed by atoms with E-state index in [1.807, 2.05) is 0 Å². The molecule has 0 unspecified atom stereocenters. The quantitative estimate of drug-likeness (QED) is 0.0458. The molecular formula is C27H60N4O8S2. The molecule has 0 aliphatic rings. The van der Waals surface area contributed by atoms with Gasteiger partial charge in [-0.05, 0) is 40.5 Å². The molecule has 0 bridgehead atoms. The third kappa shape index (κ3) is 19.0. The van der Waals surface area contributed by atoms with E-state index in [2.05, 4.69) is 19.4 Å². The van der Waals surface area contributed by atoms with E-state index in [-0.39, 0.29) is 0 Å². The number of nitrogens with zero attached hydrogens (tertiary/aromatic N) is 2. The lowest BCUT2D eigenvalue weighted by Crippen LogP contribution is -2.55. The maximum absolute atomic E-state index is 12.5. The van der Waals surface area contributed by atoms with Crippen LogP contribution in [-0.2, 0) is 29.1 Å². The minimum atomic E-state index is -4.96. The van der Waals surface area contributed by atoms with Crippen LogP contribution in [0.1, 0.15) is 111 Å². The Hall–Kier alpha value is -1.00. The first-order valence-electron chi connectivity index (χ1n) is 14.9. The number of hydrogen-bond acceptors (Lipinski definition) is 6. The van der Waals surface area contributed by atoms with Crippen molar-refractivity contribution in [3.8, 4) is 0 Å². The minimum Gasteiger partial charge on any atom is -0.383 e. The average Bonchev–Trinajstić information content (AvgIpc) is 2.85. The van der Waals surface area contributed by atoms with Crippen LogP contribution in [-0.4, -0.2) is 89.3 Å². The number of aliphatic imine (C=N–C) groups is 2. The molecule has 0 saturated heterocycles. The normalized spacial score (nSPS) is 15.5. The smallest absolute Gasteiger partial charge is 0.160 e. The first kappa shape index (κ1) is 40.0. The second kappa shape index (κ2) is 19.3. The van der Waals surface area contributed by atoms with Gasteiger partial charge in [0.15, 0.2) is 19.6 Å². The number of ether oxygens (including phenoxy) is 2. The monoisotopic (exact) mass is 632 g/mol. The van der Waals surface area contributed by atoms with Crippen LogP contribution in [0.15, 0.2) is 9.98 Å². The van der Waals surface area contributed by atoms with E-state index in [0.29, 0.717) is 50.8 Å². The van der Waals surface area contributed by atoms with E-state index in [4.69, 9.17) is 9.47 Å². The Kier molecular flexibility index (Phi) is 18.8. The largest absolute Gasteiger partial charge is 0.383 e. The van der Waals surface area contributed by atoms with Gasteiger partial charge >= 0.3 is 0 Å². The molecule has 0 spiro atoms. The standard InChI is InChI=1S/C27H60N4O8S2/c1-24(2)40(32,33,34)30-26(28-20-22-38-5)18-16-14-12-10-8-7-9-11-13-15-17-19-27(29-21-23-39-6)31-41(35,36,37)25(3)4/h24-25H,7-23H2,1-6H3,(H3,28,30,32,33,34)(H3,29,31,35,36,37). The maximum Gasteiger partial charge on any atom is 0.160 e. The molecule has 0 aliphatic heterocycles. The predicted molar refractivity (Wildman–Crippen MR) is 172 cm³/mol. The number of methoxy groups -OCH3 is 2. The zero-order valence-corrected chi connectivity index (χ0v) is 27.9. The highest BCUT2D eigenvalue weighted by molar-refractivity contribution is 8.09. The van der Waals surface area contributed by atoms with Gasteiger partial charge in [0, 0.05) is 27.1 Å². The number of nitrogens with one attached hydrogen (secondary N) is 2. The van der Waals surface area contributed by atoms with Gasteiger partial charge in [-0.2, -0.15) is 0 Å². The van der Waals surface area contributed by atoms with Gasteiger partial charge in [-0.1, -0.05) is 57.8 Å². The number of unbranched alkanes of at least 4 members (excludes halogenated alkanes) is 10. The molecule has 0 saturated carbocycles. The molecule has 0 amide bonds. The first-order valence-corrected chi connectivity index (χ1v) is 18.8. The number of hydrogen-bond donors (Lipinski definition) is 6. The van der Waals surface area contributed by atoms with Gasteiger partial charge in [0.25, 0.3) is 0 Å². The highest BCUT2D eigenvalue weighted by Crippen LogP contribution is 2.21. The van der Waals surface area contributed by atoms with Gasteiger partial charge in [0.05, 0.1) is 36.8 Å². The highest BCUT2D eigenvalue weighted by Gasteiger charge is 2.36. The van der Waals surface area contributed by atoms with Crippen molar-refractivity contribution in [3.63, 3.8) is 0 Å². The van der Waals surface area contributed by atoms with Crippen LogP contribution in [0.25, 0.3) is 0 Å².